The first-order chi connectivity index (χ1) is 18.6. The number of benzene rings is 2. The molecule has 0 spiro atoms. The zero-order valence-electron chi connectivity index (χ0n) is 23.5. The molecule has 1 aromatic heterocycles. The second kappa shape index (κ2) is 14.2. The van der Waals surface area contributed by atoms with Crippen LogP contribution in [0.4, 0.5) is 0 Å². The van der Waals surface area contributed by atoms with Crippen LogP contribution in [-0.2, 0) is 22.5 Å². The molecule has 1 fully saturated rings. The summed E-state index contributed by atoms with van der Waals surface area (Å²) in [5.74, 6) is 2.05. The summed E-state index contributed by atoms with van der Waals surface area (Å²) in [5.41, 5.74) is 4.79. The normalized spacial score (nSPS) is 18.2. The molecule has 0 aliphatic heterocycles. The number of rotatable bonds is 13. The molecule has 1 atom stereocenters. The van der Waals surface area contributed by atoms with E-state index in [1.807, 2.05) is 49.4 Å². The molecular weight excluding hydrogens is 470 g/mol. The Morgan fingerprint density at radius 3 is 2.29 bits per heavy atom. The highest BCUT2D eigenvalue weighted by atomic mass is 16.6. The van der Waals surface area contributed by atoms with Crippen molar-refractivity contribution in [2.24, 2.45) is 11.8 Å². The van der Waals surface area contributed by atoms with Crippen molar-refractivity contribution in [3.63, 3.8) is 0 Å². The van der Waals surface area contributed by atoms with Crippen molar-refractivity contribution in [1.29, 1.82) is 0 Å². The predicted molar refractivity (Wildman–Crippen MR) is 155 cm³/mol. The van der Waals surface area contributed by atoms with Gasteiger partial charge in [0.25, 0.3) is 0 Å². The zero-order chi connectivity index (χ0) is 26.7. The summed E-state index contributed by atoms with van der Waals surface area (Å²) in [5, 5.41) is 0. The Morgan fingerprint density at radius 1 is 0.895 bits per heavy atom. The molecule has 1 heterocycles. The van der Waals surface area contributed by atoms with Crippen LogP contribution in [0.1, 0.15) is 76.5 Å². The van der Waals surface area contributed by atoms with Gasteiger partial charge in [0.15, 0.2) is 6.10 Å². The average Bonchev–Trinajstić information content (AvgIpc) is 3.30. The minimum Gasteiger partial charge on any atom is -0.478 e. The van der Waals surface area contributed by atoms with Crippen molar-refractivity contribution < 1.29 is 14.3 Å². The first kappa shape index (κ1) is 28.0. The fourth-order valence-electron chi connectivity index (χ4n) is 5.81. The molecule has 4 rings (SSSR count). The van der Waals surface area contributed by atoms with Gasteiger partial charge in [-0.25, -0.2) is 4.79 Å². The van der Waals surface area contributed by atoms with Gasteiger partial charge in [-0.2, -0.15) is 0 Å². The SMILES string of the molecule is CCCCCC1CCC(Cn2c(C)ccc2-c2ccc(O[C@H](Cc3ccccc3)C(=O)OCC)cc2)CC1. The lowest BCUT2D eigenvalue weighted by molar-refractivity contribution is -0.151. The van der Waals surface area contributed by atoms with Gasteiger partial charge < -0.3 is 14.0 Å². The molecule has 0 unspecified atom stereocenters. The van der Waals surface area contributed by atoms with Crippen LogP contribution in [0, 0.1) is 18.8 Å². The van der Waals surface area contributed by atoms with E-state index < -0.39 is 6.10 Å². The van der Waals surface area contributed by atoms with Crippen molar-refractivity contribution in [1.82, 2.24) is 4.57 Å². The number of aryl methyl sites for hydroxylation is 1. The van der Waals surface area contributed by atoms with E-state index in [-0.39, 0.29) is 5.97 Å². The van der Waals surface area contributed by atoms with Gasteiger partial charge in [-0.05, 0) is 86.1 Å². The molecule has 4 nitrogen and oxygen atoms in total. The minimum atomic E-state index is -0.675. The highest BCUT2D eigenvalue weighted by Gasteiger charge is 2.24. The fourth-order valence-corrected chi connectivity index (χ4v) is 5.81. The van der Waals surface area contributed by atoms with E-state index in [4.69, 9.17) is 9.47 Å². The molecule has 0 N–H and O–H groups in total. The fraction of sp³-hybridized carbons (Fsp3) is 0.500. The van der Waals surface area contributed by atoms with Gasteiger partial charge in [0.2, 0.25) is 0 Å². The Hall–Kier alpha value is -3.01. The number of ether oxygens (including phenoxy) is 2. The Bertz CT molecular complexity index is 1110. The largest absolute Gasteiger partial charge is 0.478 e. The predicted octanol–water partition coefficient (Wildman–Crippen LogP) is 8.40. The van der Waals surface area contributed by atoms with Gasteiger partial charge in [-0.3, -0.25) is 0 Å². The molecule has 3 aromatic rings. The van der Waals surface area contributed by atoms with Crippen molar-refractivity contribution in [2.45, 2.75) is 91.2 Å². The summed E-state index contributed by atoms with van der Waals surface area (Å²) >= 11 is 0. The van der Waals surface area contributed by atoms with Crippen LogP contribution in [-0.4, -0.2) is 23.2 Å². The summed E-state index contributed by atoms with van der Waals surface area (Å²) in [6.45, 7) is 7.76. The highest BCUT2D eigenvalue weighted by Crippen LogP contribution is 2.35. The summed E-state index contributed by atoms with van der Waals surface area (Å²) in [4.78, 5) is 12.6. The highest BCUT2D eigenvalue weighted by molar-refractivity contribution is 5.75. The van der Waals surface area contributed by atoms with E-state index in [1.54, 1.807) is 0 Å². The van der Waals surface area contributed by atoms with E-state index in [0.717, 1.165) is 23.9 Å². The van der Waals surface area contributed by atoms with Crippen molar-refractivity contribution in [3.8, 4) is 17.0 Å². The summed E-state index contributed by atoms with van der Waals surface area (Å²) in [6.07, 6.45) is 10.8. The van der Waals surface area contributed by atoms with Crippen LogP contribution in [0.3, 0.4) is 0 Å². The number of esters is 1. The monoisotopic (exact) mass is 515 g/mol. The van der Waals surface area contributed by atoms with E-state index in [1.165, 1.54) is 68.3 Å². The first-order valence-electron chi connectivity index (χ1n) is 14.7. The molecular formula is C34H45NO3. The lowest BCUT2D eigenvalue weighted by atomic mass is 9.79. The van der Waals surface area contributed by atoms with Gasteiger partial charge in [0.1, 0.15) is 5.75 Å². The molecule has 204 valence electrons. The minimum absolute atomic E-state index is 0.329. The Balaban J connectivity index is 1.39. The number of hydrogen-bond donors (Lipinski definition) is 0. The lowest BCUT2D eigenvalue weighted by Crippen LogP contribution is -2.31. The Labute approximate surface area is 229 Å². The van der Waals surface area contributed by atoms with Crippen molar-refractivity contribution in [2.75, 3.05) is 6.61 Å². The summed E-state index contributed by atoms with van der Waals surface area (Å²) < 4.78 is 13.9. The molecule has 1 aliphatic rings. The van der Waals surface area contributed by atoms with E-state index in [0.29, 0.717) is 18.8 Å². The quantitative estimate of drug-likeness (QED) is 0.169. The van der Waals surface area contributed by atoms with Gasteiger partial charge >= 0.3 is 5.97 Å². The molecule has 1 saturated carbocycles. The van der Waals surface area contributed by atoms with Crippen molar-refractivity contribution in [3.05, 3.63) is 78.0 Å². The Morgan fingerprint density at radius 2 is 1.61 bits per heavy atom. The summed E-state index contributed by atoms with van der Waals surface area (Å²) in [6, 6.07) is 22.6. The van der Waals surface area contributed by atoms with Crippen LogP contribution in [0.25, 0.3) is 11.3 Å². The maximum atomic E-state index is 12.6. The molecule has 1 aliphatic carbocycles. The molecule has 0 radical (unpaired) electrons. The van der Waals surface area contributed by atoms with Gasteiger partial charge in [-0.15, -0.1) is 0 Å². The molecule has 0 amide bonds. The molecule has 4 heteroatoms. The smallest absolute Gasteiger partial charge is 0.347 e. The number of aromatic nitrogens is 1. The lowest BCUT2D eigenvalue weighted by Gasteiger charge is -2.30. The topological polar surface area (TPSA) is 40.5 Å². The standard InChI is InChI=1S/C34H45NO3/c1-4-6-8-11-27-15-17-29(18-16-27)25-35-26(3)14-23-32(35)30-19-21-31(22-20-30)38-33(34(36)37-5-2)24-28-12-9-7-10-13-28/h7,9-10,12-14,19-23,27,29,33H,4-6,8,11,15-18,24-25H2,1-3H3/t27?,29?,33-/m1/s1. The maximum Gasteiger partial charge on any atom is 0.347 e. The number of carbonyl (C=O) groups excluding carboxylic acids is 1. The van der Waals surface area contributed by atoms with Crippen LogP contribution in [0.2, 0.25) is 0 Å². The van der Waals surface area contributed by atoms with Crippen LogP contribution in [0.5, 0.6) is 5.75 Å². The number of carbonyl (C=O) groups is 1. The van der Waals surface area contributed by atoms with Crippen LogP contribution < -0.4 is 4.74 Å². The second-order valence-corrected chi connectivity index (χ2v) is 10.9. The van der Waals surface area contributed by atoms with Crippen LogP contribution in [0.15, 0.2) is 66.7 Å². The third-order valence-corrected chi connectivity index (χ3v) is 8.06. The second-order valence-electron chi connectivity index (χ2n) is 10.9. The van der Waals surface area contributed by atoms with E-state index in [9.17, 15) is 4.79 Å². The molecule has 2 aromatic carbocycles. The van der Waals surface area contributed by atoms with Crippen LogP contribution >= 0.6 is 0 Å². The zero-order valence-corrected chi connectivity index (χ0v) is 23.5. The number of nitrogens with zero attached hydrogens (tertiary/aromatic N) is 1. The van der Waals surface area contributed by atoms with Crippen molar-refractivity contribution >= 4 is 5.97 Å². The van der Waals surface area contributed by atoms with Gasteiger partial charge in [0, 0.05) is 24.4 Å². The molecule has 38 heavy (non-hydrogen) atoms. The summed E-state index contributed by atoms with van der Waals surface area (Å²) in [7, 11) is 0. The molecule has 0 saturated heterocycles. The third kappa shape index (κ3) is 7.75. The number of unbranched alkanes of at least 4 members (excludes halogenated alkanes) is 2. The molecule has 0 bridgehead atoms. The van der Waals surface area contributed by atoms with Gasteiger partial charge in [-0.1, -0.05) is 75.8 Å². The van der Waals surface area contributed by atoms with E-state index in [2.05, 4.69) is 42.7 Å². The Kier molecular flexibility index (Phi) is 10.5. The average molecular weight is 516 g/mol. The number of hydrogen-bond acceptors (Lipinski definition) is 3. The first-order valence-corrected chi connectivity index (χ1v) is 14.7. The van der Waals surface area contributed by atoms with E-state index >= 15 is 0 Å². The van der Waals surface area contributed by atoms with Gasteiger partial charge in [0.05, 0.1) is 6.61 Å². The maximum absolute atomic E-state index is 12.6. The third-order valence-electron chi connectivity index (χ3n) is 8.06.